The lowest BCUT2D eigenvalue weighted by molar-refractivity contribution is 0.0636. The van der Waals surface area contributed by atoms with Crippen LogP contribution in [0.4, 0.5) is 15.6 Å². The van der Waals surface area contributed by atoms with Crippen molar-refractivity contribution in [2.75, 3.05) is 11.1 Å². The number of nitrogen functional groups attached to an aromatic ring is 1. The van der Waals surface area contributed by atoms with E-state index in [0.717, 1.165) is 22.5 Å². The molecule has 2 aromatic rings. The SMILES string of the molecule is Cc1cc(-c2csc(N)n2)ccc1NC(=O)OC(C)(C)C. The normalized spacial score (nSPS) is 11.2. The zero-order chi connectivity index (χ0) is 15.6. The number of anilines is 2. The van der Waals surface area contributed by atoms with E-state index >= 15 is 0 Å². The number of amides is 1. The number of rotatable bonds is 2. The highest BCUT2D eigenvalue weighted by molar-refractivity contribution is 7.13. The molecule has 0 saturated carbocycles. The number of carbonyl (C=O) groups excluding carboxylic acids is 1. The molecule has 0 atom stereocenters. The second kappa shape index (κ2) is 5.73. The molecule has 6 heteroatoms. The van der Waals surface area contributed by atoms with Gasteiger partial charge in [0.1, 0.15) is 5.60 Å². The molecular formula is C15H19N3O2S. The maximum Gasteiger partial charge on any atom is 0.412 e. The maximum absolute atomic E-state index is 11.8. The molecule has 0 saturated heterocycles. The minimum absolute atomic E-state index is 0.462. The van der Waals surface area contributed by atoms with Crippen LogP contribution in [0.5, 0.6) is 0 Å². The standard InChI is InChI=1S/C15H19N3O2S/c1-9-7-10(12-8-21-13(16)17-12)5-6-11(9)18-14(19)20-15(2,3)4/h5-8H,1-4H3,(H2,16,17)(H,18,19). The summed E-state index contributed by atoms with van der Waals surface area (Å²) in [5.41, 5.74) is 8.58. The van der Waals surface area contributed by atoms with Crippen molar-refractivity contribution in [1.82, 2.24) is 4.98 Å². The lowest BCUT2D eigenvalue weighted by Gasteiger charge is -2.20. The first kappa shape index (κ1) is 15.3. The van der Waals surface area contributed by atoms with Crippen LogP contribution in [0.2, 0.25) is 0 Å². The highest BCUT2D eigenvalue weighted by atomic mass is 32.1. The van der Waals surface area contributed by atoms with Crippen LogP contribution in [-0.2, 0) is 4.74 Å². The fraction of sp³-hybridized carbons (Fsp3) is 0.333. The molecule has 0 fully saturated rings. The summed E-state index contributed by atoms with van der Waals surface area (Å²) >= 11 is 1.40. The Hall–Kier alpha value is -2.08. The number of aromatic nitrogens is 1. The molecule has 0 unspecified atom stereocenters. The van der Waals surface area contributed by atoms with Crippen molar-refractivity contribution in [2.45, 2.75) is 33.3 Å². The van der Waals surface area contributed by atoms with E-state index in [1.165, 1.54) is 11.3 Å². The molecule has 0 aliphatic carbocycles. The Balaban J connectivity index is 2.15. The molecule has 1 amide bonds. The Kier molecular flexibility index (Phi) is 4.18. The molecule has 1 aromatic carbocycles. The van der Waals surface area contributed by atoms with Gasteiger partial charge in [0.05, 0.1) is 5.69 Å². The summed E-state index contributed by atoms with van der Waals surface area (Å²) in [6.45, 7) is 7.41. The van der Waals surface area contributed by atoms with E-state index in [-0.39, 0.29) is 0 Å². The van der Waals surface area contributed by atoms with Crippen molar-refractivity contribution in [2.24, 2.45) is 0 Å². The average molecular weight is 305 g/mol. The van der Waals surface area contributed by atoms with Gasteiger partial charge in [0.2, 0.25) is 0 Å². The molecule has 3 N–H and O–H groups in total. The number of hydrogen-bond acceptors (Lipinski definition) is 5. The third kappa shape index (κ3) is 4.19. The summed E-state index contributed by atoms with van der Waals surface area (Å²) < 4.78 is 5.24. The Morgan fingerprint density at radius 1 is 1.38 bits per heavy atom. The van der Waals surface area contributed by atoms with Crippen molar-refractivity contribution in [1.29, 1.82) is 0 Å². The second-order valence-corrected chi connectivity index (χ2v) is 6.62. The van der Waals surface area contributed by atoms with Crippen molar-refractivity contribution in [3.05, 3.63) is 29.1 Å². The van der Waals surface area contributed by atoms with Gasteiger partial charge in [0.15, 0.2) is 5.13 Å². The first-order chi connectivity index (χ1) is 9.74. The predicted molar refractivity (Wildman–Crippen MR) is 86.6 cm³/mol. The first-order valence-corrected chi connectivity index (χ1v) is 7.44. The predicted octanol–water partition coefficient (Wildman–Crippen LogP) is 4.05. The molecule has 21 heavy (non-hydrogen) atoms. The first-order valence-electron chi connectivity index (χ1n) is 6.56. The van der Waals surface area contributed by atoms with Crippen LogP contribution in [0.1, 0.15) is 26.3 Å². The second-order valence-electron chi connectivity index (χ2n) is 5.73. The average Bonchev–Trinajstić information content (AvgIpc) is 2.76. The molecule has 0 bridgehead atoms. The van der Waals surface area contributed by atoms with Crippen LogP contribution in [0.15, 0.2) is 23.6 Å². The molecular weight excluding hydrogens is 286 g/mol. The monoisotopic (exact) mass is 305 g/mol. The van der Waals surface area contributed by atoms with E-state index < -0.39 is 11.7 Å². The van der Waals surface area contributed by atoms with Gasteiger partial charge < -0.3 is 10.5 Å². The largest absolute Gasteiger partial charge is 0.444 e. The van der Waals surface area contributed by atoms with E-state index in [4.69, 9.17) is 10.5 Å². The molecule has 1 aromatic heterocycles. The Bertz CT molecular complexity index is 659. The van der Waals surface area contributed by atoms with Crippen LogP contribution in [0.3, 0.4) is 0 Å². The smallest absolute Gasteiger partial charge is 0.412 e. The summed E-state index contributed by atoms with van der Waals surface area (Å²) in [6.07, 6.45) is -0.462. The molecule has 5 nitrogen and oxygen atoms in total. The summed E-state index contributed by atoms with van der Waals surface area (Å²) in [4.78, 5) is 16.0. The number of ether oxygens (including phenoxy) is 1. The van der Waals surface area contributed by atoms with Gasteiger partial charge in [0.25, 0.3) is 0 Å². The van der Waals surface area contributed by atoms with E-state index in [2.05, 4.69) is 10.3 Å². The molecule has 0 radical (unpaired) electrons. The van der Waals surface area contributed by atoms with Gasteiger partial charge in [-0.05, 0) is 45.4 Å². The molecule has 0 spiro atoms. The number of nitrogens with one attached hydrogen (secondary N) is 1. The fourth-order valence-corrected chi connectivity index (χ4v) is 2.37. The van der Waals surface area contributed by atoms with Gasteiger partial charge in [-0.2, -0.15) is 0 Å². The number of aryl methyl sites for hydroxylation is 1. The third-order valence-electron chi connectivity index (χ3n) is 2.68. The van der Waals surface area contributed by atoms with Gasteiger partial charge in [0, 0.05) is 16.6 Å². The number of carbonyl (C=O) groups is 1. The van der Waals surface area contributed by atoms with E-state index in [1.54, 1.807) is 0 Å². The number of benzene rings is 1. The van der Waals surface area contributed by atoms with E-state index in [0.29, 0.717) is 5.13 Å². The zero-order valence-electron chi connectivity index (χ0n) is 12.6. The van der Waals surface area contributed by atoms with Gasteiger partial charge in [-0.25, -0.2) is 9.78 Å². The van der Waals surface area contributed by atoms with Gasteiger partial charge in [-0.3, -0.25) is 5.32 Å². The highest BCUT2D eigenvalue weighted by Crippen LogP contribution is 2.27. The van der Waals surface area contributed by atoms with Crippen molar-refractivity contribution in [3.63, 3.8) is 0 Å². The third-order valence-corrected chi connectivity index (χ3v) is 3.35. The number of thiazole rings is 1. The highest BCUT2D eigenvalue weighted by Gasteiger charge is 2.17. The van der Waals surface area contributed by atoms with Gasteiger partial charge >= 0.3 is 6.09 Å². The maximum atomic E-state index is 11.8. The molecule has 1 heterocycles. The Morgan fingerprint density at radius 3 is 2.62 bits per heavy atom. The number of hydrogen-bond donors (Lipinski definition) is 2. The lowest BCUT2D eigenvalue weighted by atomic mass is 10.1. The van der Waals surface area contributed by atoms with Gasteiger partial charge in [-0.1, -0.05) is 6.07 Å². The topological polar surface area (TPSA) is 77.2 Å². The van der Waals surface area contributed by atoms with Crippen molar-refractivity contribution >= 4 is 28.2 Å². The van der Waals surface area contributed by atoms with Crippen LogP contribution in [0.25, 0.3) is 11.3 Å². The lowest BCUT2D eigenvalue weighted by Crippen LogP contribution is -2.27. The zero-order valence-corrected chi connectivity index (χ0v) is 13.4. The van der Waals surface area contributed by atoms with Crippen LogP contribution in [-0.4, -0.2) is 16.7 Å². The summed E-state index contributed by atoms with van der Waals surface area (Å²) in [7, 11) is 0. The summed E-state index contributed by atoms with van der Waals surface area (Å²) in [5.74, 6) is 0. The summed E-state index contributed by atoms with van der Waals surface area (Å²) in [5, 5.41) is 5.20. The quantitative estimate of drug-likeness (QED) is 0.877. The Morgan fingerprint density at radius 2 is 2.10 bits per heavy atom. The summed E-state index contributed by atoms with van der Waals surface area (Å²) in [6, 6.07) is 5.69. The minimum atomic E-state index is -0.518. The minimum Gasteiger partial charge on any atom is -0.444 e. The Labute approximate surface area is 128 Å². The van der Waals surface area contributed by atoms with Crippen LogP contribution < -0.4 is 11.1 Å². The van der Waals surface area contributed by atoms with Crippen LogP contribution >= 0.6 is 11.3 Å². The molecule has 0 aliphatic rings. The van der Waals surface area contributed by atoms with E-state index in [1.807, 2.05) is 51.3 Å². The fourth-order valence-electron chi connectivity index (χ4n) is 1.80. The van der Waals surface area contributed by atoms with E-state index in [9.17, 15) is 4.79 Å². The van der Waals surface area contributed by atoms with Gasteiger partial charge in [-0.15, -0.1) is 11.3 Å². The molecule has 2 rings (SSSR count). The molecule has 112 valence electrons. The van der Waals surface area contributed by atoms with Crippen LogP contribution in [0, 0.1) is 6.92 Å². The molecule has 0 aliphatic heterocycles. The number of nitrogens with two attached hydrogens (primary N) is 1. The van der Waals surface area contributed by atoms with Crippen molar-refractivity contribution < 1.29 is 9.53 Å². The number of nitrogens with zero attached hydrogens (tertiary/aromatic N) is 1. The van der Waals surface area contributed by atoms with Crippen molar-refractivity contribution in [3.8, 4) is 11.3 Å².